The molecular formula is C10H14N2O. The summed E-state index contributed by atoms with van der Waals surface area (Å²) < 4.78 is 0. The largest absolute Gasteiger partial charge is 0.383 e. The van der Waals surface area contributed by atoms with Gasteiger partial charge in [-0.05, 0) is 25.2 Å². The van der Waals surface area contributed by atoms with Gasteiger partial charge < -0.3 is 5.11 Å². The third-order valence-corrected chi connectivity index (χ3v) is 3.02. The van der Waals surface area contributed by atoms with E-state index in [1.54, 1.807) is 18.6 Å². The molecule has 13 heavy (non-hydrogen) atoms. The first-order chi connectivity index (χ1) is 6.23. The van der Waals surface area contributed by atoms with Crippen molar-refractivity contribution in [2.24, 2.45) is 5.92 Å². The van der Waals surface area contributed by atoms with Gasteiger partial charge in [-0.25, -0.2) is 0 Å². The molecule has 0 saturated heterocycles. The lowest BCUT2D eigenvalue weighted by Crippen LogP contribution is -2.29. The molecule has 0 radical (unpaired) electrons. The van der Waals surface area contributed by atoms with Gasteiger partial charge in [0.05, 0.1) is 11.9 Å². The Bertz CT molecular complexity index is 288. The molecule has 1 aliphatic carbocycles. The second kappa shape index (κ2) is 3.07. The van der Waals surface area contributed by atoms with Crippen LogP contribution in [-0.4, -0.2) is 15.1 Å². The van der Waals surface area contributed by atoms with E-state index in [1.807, 2.05) is 0 Å². The molecule has 2 atom stereocenters. The summed E-state index contributed by atoms with van der Waals surface area (Å²) in [5.41, 5.74) is -0.00569. The van der Waals surface area contributed by atoms with E-state index in [0.717, 1.165) is 25.0 Å². The smallest absolute Gasteiger partial charge is 0.111 e. The number of nitrogens with zero attached hydrogens (tertiary/aromatic N) is 2. The van der Waals surface area contributed by atoms with Crippen molar-refractivity contribution < 1.29 is 5.11 Å². The summed E-state index contributed by atoms with van der Waals surface area (Å²) in [6.07, 6.45) is 7.90. The number of hydrogen-bond acceptors (Lipinski definition) is 3. The van der Waals surface area contributed by atoms with Gasteiger partial charge in [0.15, 0.2) is 0 Å². The number of aliphatic hydroxyl groups is 1. The zero-order valence-electron chi connectivity index (χ0n) is 7.77. The van der Waals surface area contributed by atoms with Crippen LogP contribution in [0.2, 0.25) is 0 Å². The minimum Gasteiger partial charge on any atom is -0.383 e. The molecule has 0 aromatic carbocycles. The summed E-state index contributed by atoms with van der Waals surface area (Å²) >= 11 is 0. The third-order valence-electron chi connectivity index (χ3n) is 3.02. The van der Waals surface area contributed by atoms with Gasteiger partial charge in [0.25, 0.3) is 0 Å². The first-order valence-corrected chi connectivity index (χ1v) is 4.72. The highest BCUT2D eigenvalue weighted by atomic mass is 16.3. The number of hydrogen-bond donors (Lipinski definition) is 1. The Balaban J connectivity index is 2.34. The first-order valence-electron chi connectivity index (χ1n) is 4.72. The molecule has 2 rings (SSSR count). The van der Waals surface area contributed by atoms with E-state index in [-0.39, 0.29) is 0 Å². The molecule has 3 heteroatoms. The van der Waals surface area contributed by atoms with E-state index in [4.69, 9.17) is 0 Å². The Morgan fingerprint density at radius 1 is 1.54 bits per heavy atom. The maximum Gasteiger partial charge on any atom is 0.111 e. The van der Waals surface area contributed by atoms with Crippen molar-refractivity contribution in [2.75, 3.05) is 0 Å². The lowest BCUT2D eigenvalue weighted by molar-refractivity contribution is -0.0000587. The van der Waals surface area contributed by atoms with Gasteiger partial charge in [-0.2, -0.15) is 0 Å². The highest BCUT2D eigenvalue weighted by Gasteiger charge is 2.40. The van der Waals surface area contributed by atoms with Crippen molar-refractivity contribution in [3.8, 4) is 0 Å². The van der Waals surface area contributed by atoms with E-state index < -0.39 is 5.60 Å². The average Bonchev–Trinajstić information content (AvgIpc) is 2.50. The molecule has 1 aromatic heterocycles. The zero-order chi connectivity index (χ0) is 9.31. The Morgan fingerprint density at radius 3 is 2.92 bits per heavy atom. The molecule has 1 N–H and O–H groups in total. The van der Waals surface area contributed by atoms with Crippen molar-refractivity contribution in [3.05, 3.63) is 24.3 Å². The minimum absolute atomic E-state index is 0.296. The van der Waals surface area contributed by atoms with E-state index in [9.17, 15) is 5.11 Å². The molecule has 2 unspecified atom stereocenters. The topological polar surface area (TPSA) is 46.0 Å². The fourth-order valence-electron chi connectivity index (χ4n) is 2.07. The van der Waals surface area contributed by atoms with Gasteiger partial charge in [-0.3, -0.25) is 9.97 Å². The number of aromatic nitrogens is 2. The highest BCUT2D eigenvalue weighted by molar-refractivity contribution is 5.11. The fraction of sp³-hybridized carbons (Fsp3) is 0.600. The van der Waals surface area contributed by atoms with Crippen LogP contribution in [-0.2, 0) is 5.60 Å². The van der Waals surface area contributed by atoms with Crippen LogP contribution in [0.25, 0.3) is 0 Å². The number of rotatable bonds is 1. The minimum atomic E-state index is -0.728. The first kappa shape index (κ1) is 8.63. The molecular weight excluding hydrogens is 164 g/mol. The molecule has 0 bridgehead atoms. The summed E-state index contributed by atoms with van der Waals surface area (Å²) in [4.78, 5) is 8.16. The van der Waals surface area contributed by atoms with Crippen molar-refractivity contribution in [1.29, 1.82) is 0 Å². The molecule has 1 fully saturated rings. The normalized spacial score (nSPS) is 33.5. The maximum atomic E-state index is 10.3. The standard InChI is InChI=1S/C10H14N2O/c1-8-3-2-4-10(8,13)9-7-11-5-6-12-9/h5-8,13H,2-4H2,1H3. The van der Waals surface area contributed by atoms with Crippen LogP contribution in [0.15, 0.2) is 18.6 Å². The molecule has 0 aliphatic heterocycles. The van der Waals surface area contributed by atoms with Crippen LogP contribution in [0.1, 0.15) is 31.9 Å². The Morgan fingerprint density at radius 2 is 2.38 bits per heavy atom. The second-order valence-corrected chi connectivity index (χ2v) is 3.81. The summed E-state index contributed by atoms with van der Waals surface area (Å²) in [5, 5.41) is 10.3. The van der Waals surface area contributed by atoms with Crippen LogP contribution >= 0.6 is 0 Å². The van der Waals surface area contributed by atoms with Gasteiger partial charge in [-0.1, -0.05) is 6.92 Å². The van der Waals surface area contributed by atoms with E-state index in [2.05, 4.69) is 16.9 Å². The fourth-order valence-corrected chi connectivity index (χ4v) is 2.07. The molecule has 0 amide bonds. The third kappa shape index (κ3) is 1.33. The average molecular weight is 178 g/mol. The summed E-state index contributed by atoms with van der Waals surface area (Å²) in [5.74, 6) is 0.296. The van der Waals surface area contributed by atoms with Crippen molar-refractivity contribution >= 4 is 0 Å². The molecule has 1 saturated carbocycles. The quantitative estimate of drug-likeness (QED) is 0.708. The van der Waals surface area contributed by atoms with E-state index >= 15 is 0 Å². The van der Waals surface area contributed by atoms with Gasteiger partial charge in [0.2, 0.25) is 0 Å². The molecule has 1 aromatic rings. The molecule has 0 spiro atoms. The van der Waals surface area contributed by atoms with Crippen LogP contribution in [0.4, 0.5) is 0 Å². The van der Waals surface area contributed by atoms with E-state index in [0.29, 0.717) is 5.92 Å². The predicted molar refractivity (Wildman–Crippen MR) is 48.9 cm³/mol. The second-order valence-electron chi connectivity index (χ2n) is 3.81. The van der Waals surface area contributed by atoms with Crippen molar-refractivity contribution in [2.45, 2.75) is 31.8 Å². The van der Waals surface area contributed by atoms with Crippen LogP contribution in [0.3, 0.4) is 0 Å². The van der Waals surface area contributed by atoms with Gasteiger partial charge in [0.1, 0.15) is 5.60 Å². The Hall–Kier alpha value is -0.960. The van der Waals surface area contributed by atoms with Gasteiger partial charge in [0, 0.05) is 12.4 Å². The molecule has 70 valence electrons. The van der Waals surface area contributed by atoms with E-state index in [1.165, 1.54) is 0 Å². The summed E-state index contributed by atoms with van der Waals surface area (Å²) in [6.45, 7) is 2.07. The highest BCUT2D eigenvalue weighted by Crippen LogP contribution is 2.41. The maximum absolute atomic E-state index is 10.3. The lowest BCUT2D eigenvalue weighted by Gasteiger charge is -2.26. The SMILES string of the molecule is CC1CCCC1(O)c1cnccn1. The van der Waals surface area contributed by atoms with Gasteiger partial charge in [-0.15, -0.1) is 0 Å². The van der Waals surface area contributed by atoms with Crippen LogP contribution in [0.5, 0.6) is 0 Å². The van der Waals surface area contributed by atoms with Crippen molar-refractivity contribution in [1.82, 2.24) is 9.97 Å². The Labute approximate surface area is 77.8 Å². The molecule has 3 nitrogen and oxygen atoms in total. The molecule has 1 heterocycles. The van der Waals surface area contributed by atoms with Crippen LogP contribution < -0.4 is 0 Å². The molecule has 1 aliphatic rings. The monoisotopic (exact) mass is 178 g/mol. The van der Waals surface area contributed by atoms with Gasteiger partial charge >= 0.3 is 0 Å². The summed E-state index contributed by atoms with van der Waals surface area (Å²) in [7, 11) is 0. The van der Waals surface area contributed by atoms with Crippen molar-refractivity contribution in [3.63, 3.8) is 0 Å². The predicted octanol–water partition coefficient (Wildman–Crippen LogP) is 1.48. The van der Waals surface area contributed by atoms with Crippen LogP contribution in [0, 0.1) is 5.92 Å². The zero-order valence-corrected chi connectivity index (χ0v) is 7.77. The Kier molecular flexibility index (Phi) is 2.04. The summed E-state index contributed by atoms with van der Waals surface area (Å²) in [6, 6.07) is 0. The lowest BCUT2D eigenvalue weighted by atomic mass is 9.89.